The fourth-order valence-electron chi connectivity index (χ4n) is 5.49. The lowest BCUT2D eigenvalue weighted by Gasteiger charge is -2.30. The molecule has 178 valence electrons. The van der Waals surface area contributed by atoms with Crippen LogP contribution in [0.1, 0.15) is 24.1 Å². The maximum atomic E-state index is 6.65. The molecule has 2 saturated heterocycles. The number of rotatable bonds is 5. The van der Waals surface area contributed by atoms with Crippen LogP contribution >= 0.6 is 11.6 Å². The second kappa shape index (κ2) is 9.21. The van der Waals surface area contributed by atoms with Crippen molar-refractivity contribution in [1.82, 2.24) is 20.2 Å². The number of likely N-dealkylation sites (N-methyl/N-ethyl adjacent to an activating group) is 1. The summed E-state index contributed by atoms with van der Waals surface area (Å²) in [5.74, 6) is 1.02. The van der Waals surface area contributed by atoms with Crippen molar-refractivity contribution in [3.8, 4) is 6.01 Å². The Labute approximate surface area is 205 Å². The van der Waals surface area contributed by atoms with Crippen LogP contribution in [0.15, 0.2) is 36.4 Å². The first-order valence-corrected chi connectivity index (χ1v) is 12.7. The minimum Gasteiger partial charge on any atom is -0.462 e. The molecular formula is C26H31ClN6O. The van der Waals surface area contributed by atoms with E-state index in [0.29, 0.717) is 18.7 Å². The highest BCUT2D eigenvalue weighted by Gasteiger charge is 2.30. The Morgan fingerprint density at radius 3 is 2.65 bits per heavy atom. The summed E-state index contributed by atoms with van der Waals surface area (Å²) in [5.41, 5.74) is 3.40. The van der Waals surface area contributed by atoms with Crippen LogP contribution in [0.4, 0.5) is 11.5 Å². The number of halogens is 1. The van der Waals surface area contributed by atoms with E-state index < -0.39 is 0 Å². The highest BCUT2D eigenvalue weighted by molar-refractivity contribution is 6.36. The molecule has 2 aromatic carbocycles. The summed E-state index contributed by atoms with van der Waals surface area (Å²) in [5, 5.41) is 6.47. The predicted octanol–water partition coefficient (Wildman–Crippen LogP) is 3.69. The standard InChI is InChI=1S/C26H31ClN6O/c1-31-12-4-7-19(31)17-34-26-29-22-16-33(15-20(22)25(30-26)32-13-10-28-11-14-32)23-9-3-6-18-5-2-8-21(27)24(18)23/h2-3,5-6,8-9,19,28H,4,7,10-17H2,1H3/t19-/m0/s1. The van der Waals surface area contributed by atoms with Crippen molar-refractivity contribution in [2.75, 3.05) is 56.2 Å². The number of hydrogen-bond acceptors (Lipinski definition) is 7. The number of ether oxygens (including phenoxy) is 1. The molecule has 8 heteroatoms. The molecule has 2 fully saturated rings. The highest BCUT2D eigenvalue weighted by Crippen LogP contribution is 2.39. The van der Waals surface area contributed by atoms with Gasteiger partial charge in [-0.05, 0) is 44.0 Å². The number of benzene rings is 2. The van der Waals surface area contributed by atoms with Gasteiger partial charge < -0.3 is 24.8 Å². The molecule has 0 bridgehead atoms. The minimum atomic E-state index is 0.439. The summed E-state index contributed by atoms with van der Waals surface area (Å²) >= 11 is 6.65. The van der Waals surface area contributed by atoms with Crippen LogP contribution in [0.2, 0.25) is 5.02 Å². The van der Waals surface area contributed by atoms with Gasteiger partial charge in [-0.15, -0.1) is 0 Å². The van der Waals surface area contributed by atoms with Gasteiger partial charge in [-0.25, -0.2) is 0 Å². The lowest BCUT2D eigenvalue weighted by Crippen LogP contribution is -2.44. The van der Waals surface area contributed by atoms with E-state index >= 15 is 0 Å². The van der Waals surface area contributed by atoms with Gasteiger partial charge in [-0.3, -0.25) is 0 Å². The van der Waals surface area contributed by atoms with E-state index in [1.165, 1.54) is 18.4 Å². The van der Waals surface area contributed by atoms with Crippen molar-refractivity contribution in [1.29, 1.82) is 0 Å². The van der Waals surface area contributed by atoms with Crippen molar-refractivity contribution in [2.24, 2.45) is 0 Å². The molecule has 3 aliphatic heterocycles. The Morgan fingerprint density at radius 1 is 1.03 bits per heavy atom. The first-order chi connectivity index (χ1) is 16.7. The molecule has 0 radical (unpaired) electrons. The Balaban J connectivity index is 1.34. The SMILES string of the molecule is CN1CCC[C@H]1COc1nc2c(c(N3CCNCC3)n1)CN(c1cccc3cccc(Cl)c13)C2. The number of anilines is 2. The van der Waals surface area contributed by atoms with Gasteiger partial charge in [0.2, 0.25) is 0 Å². The summed E-state index contributed by atoms with van der Waals surface area (Å²) in [7, 11) is 2.17. The fraction of sp³-hybridized carbons (Fsp3) is 0.462. The zero-order chi connectivity index (χ0) is 23.1. The van der Waals surface area contributed by atoms with Crippen molar-refractivity contribution in [2.45, 2.75) is 32.0 Å². The van der Waals surface area contributed by atoms with E-state index in [0.717, 1.165) is 78.8 Å². The summed E-state index contributed by atoms with van der Waals surface area (Å²) in [6.07, 6.45) is 2.39. The van der Waals surface area contributed by atoms with E-state index in [4.69, 9.17) is 26.3 Å². The molecule has 0 saturated carbocycles. The monoisotopic (exact) mass is 478 g/mol. The van der Waals surface area contributed by atoms with Gasteiger partial charge in [0.25, 0.3) is 0 Å². The van der Waals surface area contributed by atoms with Crippen molar-refractivity contribution in [3.05, 3.63) is 52.7 Å². The van der Waals surface area contributed by atoms with E-state index in [1.807, 2.05) is 12.1 Å². The van der Waals surface area contributed by atoms with Gasteiger partial charge in [-0.2, -0.15) is 9.97 Å². The van der Waals surface area contributed by atoms with E-state index in [1.54, 1.807) is 0 Å². The highest BCUT2D eigenvalue weighted by atomic mass is 35.5. The van der Waals surface area contributed by atoms with E-state index in [-0.39, 0.29) is 0 Å². The number of nitrogens with zero attached hydrogens (tertiary/aromatic N) is 5. The molecule has 0 amide bonds. The van der Waals surface area contributed by atoms with Gasteiger partial charge in [0.1, 0.15) is 12.4 Å². The van der Waals surface area contributed by atoms with Gasteiger partial charge in [0.05, 0.1) is 17.3 Å². The maximum absolute atomic E-state index is 6.65. The Hall–Kier alpha value is -2.61. The zero-order valence-corrected chi connectivity index (χ0v) is 20.4. The van der Waals surface area contributed by atoms with Crippen molar-refractivity contribution in [3.63, 3.8) is 0 Å². The molecule has 0 aliphatic carbocycles. The van der Waals surface area contributed by atoms with Crippen LogP contribution in [0, 0.1) is 0 Å². The number of piperazine rings is 1. The Bertz CT molecular complexity index is 1190. The van der Waals surface area contributed by atoms with Crippen LogP contribution in [-0.2, 0) is 13.1 Å². The van der Waals surface area contributed by atoms with Gasteiger partial charge in [0, 0.05) is 55.4 Å². The average molecular weight is 479 g/mol. The summed E-state index contributed by atoms with van der Waals surface area (Å²) in [4.78, 5) is 17.0. The van der Waals surface area contributed by atoms with Crippen molar-refractivity contribution < 1.29 is 4.74 Å². The smallest absolute Gasteiger partial charge is 0.318 e. The molecule has 1 aromatic heterocycles. The lowest BCUT2D eigenvalue weighted by atomic mass is 10.1. The van der Waals surface area contributed by atoms with E-state index in [2.05, 4.69) is 51.3 Å². The third kappa shape index (κ3) is 4.06. The molecular weight excluding hydrogens is 448 g/mol. The number of fused-ring (bicyclic) bond motifs is 2. The molecule has 3 aliphatic rings. The molecule has 7 nitrogen and oxygen atoms in total. The normalized spacial score (nSPS) is 20.8. The number of nitrogens with one attached hydrogen (secondary N) is 1. The largest absolute Gasteiger partial charge is 0.462 e. The lowest BCUT2D eigenvalue weighted by molar-refractivity contribution is 0.187. The third-order valence-electron chi connectivity index (χ3n) is 7.41. The van der Waals surface area contributed by atoms with E-state index in [9.17, 15) is 0 Å². The van der Waals surface area contributed by atoms with Gasteiger partial charge >= 0.3 is 6.01 Å². The quantitative estimate of drug-likeness (QED) is 0.600. The Kier molecular flexibility index (Phi) is 5.93. The molecule has 34 heavy (non-hydrogen) atoms. The maximum Gasteiger partial charge on any atom is 0.318 e. The van der Waals surface area contributed by atoms with Gasteiger partial charge in [-0.1, -0.05) is 35.9 Å². The fourth-order valence-corrected chi connectivity index (χ4v) is 5.77. The summed E-state index contributed by atoms with van der Waals surface area (Å²) in [6.45, 7) is 7.07. The molecule has 4 heterocycles. The molecule has 3 aromatic rings. The average Bonchev–Trinajstić information content (AvgIpc) is 3.48. The Morgan fingerprint density at radius 2 is 1.85 bits per heavy atom. The molecule has 6 rings (SSSR count). The third-order valence-corrected chi connectivity index (χ3v) is 7.72. The predicted molar refractivity (Wildman–Crippen MR) is 137 cm³/mol. The minimum absolute atomic E-state index is 0.439. The topological polar surface area (TPSA) is 56.8 Å². The molecule has 0 spiro atoms. The summed E-state index contributed by atoms with van der Waals surface area (Å²) in [6, 6.07) is 13.4. The van der Waals surface area contributed by atoms with Crippen LogP contribution < -0.4 is 19.9 Å². The van der Waals surface area contributed by atoms with Crippen LogP contribution in [0.25, 0.3) is 10.8 Å². The first kappa shape index (κ1) is 21.9. The second-order valence-electron chi connectivity index (χ2n) is 9.55. The van der Waals surface area contributed by atoms with Crippen molar-refractivity contribution >= 4 is 33.9 Å². The van der Waals surface area contributed by atoms with Gasteiger partial charge in [0.15, 0.2) is 0 Å². The molecule has 0 unspecified atom stereocenters. The van der Waals surface area contributed by atoms with Crippen LogP contribution in [-0.4, -0.2) is 67.3 Å². The zero-order valence-electron chi connectivity index (χ0n) is 19.6. The number of likely N-dealkylation sites (tertiary alicyclic amines) is 1. The van der Waals surface area contributed by atoms with Crippen LogP contribution in [0.5, 0.6) is 6.01 Å². The number of aromatic nitrogens is 2. The summed E-state index contributed by atoms with van der Waals surface area (Å²) < 4.78 is 6.20. The second-order valence-corrected chi connectivity index (χ2v) is 9.96. The van der Waals surface area contributed by atoms with Crippen LogP contribution in [0.3, 0.4) is 0 Å². The molecule has 1 N–H and O–H groups in total. The number of hydrogen-bond donors (Lipinski definition) is 1. The first-order valence-electron chi connectivity index (χ1n) is 12.3. The molecule has 1 atom stereocenters.